The van der Waals surface area contributed by atoms with Gasteiger partial charge in [-0.3, -0.25) is 5.32 Å². The fourth-order valence-corrected chi connectivity index (χ4v) is 3.28. The molecule has 2 amide bonds. The second-order valence-corrected chi connectivity index (χ2v) is 7.47. The van der Waals surface area contributed by atoms with Gasteiger partial charge >= 0.3 is 6.03 Å². The van der Waals surface area contributed by atoms with E-state index in [0.717, 1.165) is 23.6 Å². The second-order valence-electron chi connectivity index (χ2n) is 7.47. The summed E-state index contributed by atoms with van der Waals surface area (Å²) in [7, 11) is 0. The lowest BCUT2D eigenvalue weighted by molar-refractivity contribution is 0.0174. The van der Waals surface area contributed by atoms with Gasteiger partial charge in [0.25, 0.3) is 5.92 Å². The number of likely N-dealkylation sites (tertiary alicyclic amines) is 1. The molecule has 0 spiro atoms. The van der Waals surface area contributed by atoms with Crippen molar-refractivity contribution in [2.45, 2.75) is 40.0 Å². The van der Waals surface area contributed by atoms with Crippen LogP contribution in [0.4, 0.5) is 19.4 Å². The monoisotopic (exact) mass is 389 g/mol. The molecule has 1 saturated heterocycles. The maximum absolute atomic E-state index is 13.6. The molecule has 7 heteroatoms. The Morgan fingerprint density at radius 1 is 1.39 bits per heavy atom. The zero-order valence-electron chi connectivity index (χ0n) is 16.6. The van der Waals surface area contributed by atoms with Gasteiger partial charge in [0.2, 0.25) is 0 Å². The number of urea groups is 1. The summed E-state index contributed by atoms with van der Waals surface area (Å²) in [6.45, 7) is 7.68. The number of rotatable bonds is 3. The van der Waals surface area contributed by atoms with Crippen LogP contribution in [0.15, 0.2) is 34.4 Å². The number of alkyl halides is 2. The highest BCUT2D eigenvalue weighted by Gasteiger charge is 2.26. The van der Waals surface area contributed by atoms with E-state index in [2.05, 4.69) is 10.5 Å². The first-order valence-electron chi connectivity index (χ1n) is 9.33. The fourth-order valence-electron chi connectivity index (χ4n) is 3.28. The number of anilines is 1. The summed E-state index contributed by atoms with van der Waals surface area (Å²) in [5, 5.41) is 6.65. The summed E-state index contributed by atoms with van der Waals surface area (Å²) in [6.07, 6.45) is 2.65. The van der Waals surface area contributed by atoms with Crippen LogP contribution >= 0.6 is 0 Å². The number of hydrogen-bond acceptors (Lipinski definition) is 3. The van der Waals surface area contributed by atoms with Crippen LogP contribution in [0.2, 0.25) is 0 Å². The SMILES string of the molecule is Cc1onc(NC(=O)N2CCC(=Cc3cccc(C(C)(F)F)c3)C(C)C2)c1C. The first-order valence-corrected chi connectivity index (χ1v) is 9.33. The Morgan fingerprint density at radius 2 is 2.14 bits per heavy atom. The molecule has 1 N–H and O–H groups in total. The third-order valence-electron chi connectivity index (χ3n) is 5.21. The zero-order valence-corrected chi connectivity index (χ0v) is 16.6. The van der Waals surface area contributed by atoms with E-state index >= 15 is 0 Å². The number of carbonyl (C=O) groups excluding carboxylic acids is 1. The molecule has 28 heavy (non-hydrogen) atoms. The van der Waals surface area contributed by atoms with Crippen LogP contribution < -0.4 is 5.32 Å². The summed E-state index contributed by atoms with van der Waals surface area (Å²) >= 11 is 0. The van der Waals surface area contributed by atoms with Gasteiger partial charge in [-0.15, -0.1) is 0 Å². The van der Waals surface area contributed by atoms with Crippen LogP contribution in [-0.2, 0) is 5.92 Å². The minimum absolute atomic E-state index is 0.00425. The molecule has 1 fully saturated rings. The Kier molecular flexibility index (Phi) is 5.54. The molecular formula is C21H25F2N3O2. The fraction of sp³-hybridized carbons (Fsp3) is 0.429. The first kappa shape index (κ1) is 20.0. The van der Waals surface area contributed by atoms with Crippen molar-refractivity contribution in [3.05, 3.63) is 52.3 Å². The summed E-state index contributed by atoms with van der Waals surface area (Å²) in [6, 6.07) is 6.22. The van der Waals surface area contributed by atoms with Gasteiger partial charge in [0.15, 0.2) is 5.82 Å². The van der Waals surface area contributed by atoms with Crippen molar-refractivity contribution in [3.8, 4) is 0 Å². The van der Waals surface area contributed by atoms with Crippen molar-refractivity contribution in [2.24, 2.45) is 5.92 Å². The number of halogens is 2. The van der Waals surface area contributed by atoms with E-state index in [-0.39, 0.29) is 17.5 Å². The average Bonchev–Trinajstić information content (AvgIpc) is 2.95. The summed E-state index contributed by atoms with van der Waals surface area (Å²) in [5.74, 6) is -1.62. The topological polar surface area (TPSA) is 58.4 Å². The van der Waals surface area contributed by atoms with Gasteiger partial charge in [-0.25, -0.2) is 13.6 Å². The Morgan fingerprint density at radius 3 is 2.75 bits per heavy atom. The van der Waals surface area contributed by atoms with Gasteiger partial charge in [-0.2, -0.15) is 0 Å². The number of hydrogen-bond donors (Lipinski definition) is 1. The molecule has 2 aromatic rings. The van der Waals surface area contributed by atoms with E-state index in [1.165, 1.54) is 12.1 Å². The van der Waals surface area contributed by atoms with E-state index in [4.69, 9.17) is 4.52 Å². The zero-order chi connectivity index (χ0) is 20.5. The molecule has 1 aliphatic rings. The molecule has 0 saturated carbocycles. The predicted octanol–water partition coefficient (Wildman–Crippen LogP) is 5.36. The van der Waals surface area contributed by atoms with Crippen molar-refractivity contribution >= 4 is 17.9 Å². The molecule has 1 aromatic carbocycles. The predicted molar refractivity (Wildman–Crippen MR) is 104 cm³/mol. The Labute approximate surface area is 163 Å². The van der Waals surface area contributed by atoms with Crippen molar-refractivity contribution < 1.29 is 18.1 Å². The molecule has 1 unspecified atom stereocenters. The van der Waals surface area contributed by atoms with E-state index in [9.17, 15) is 13.6 Å². The molecule has 1 aromatic heterocycles. The molecule has 1 aliphatic heterocycles. The molecule has 0 aliphatic carbocycles. The van der Waals surface area contributed by atoms with Gasteiger partial charge in [0.05, 0.1) is 0 Å². The minimum Gasteiger partial charge on any atom is -0.359 e. The third-order valence-corrected chi connectivity index (χ3v) is 5.21. The molecule has 5 nitrogen and oxygen atoms in total. The summed E-state index contributed by atoms with van der Waals surface area (Å²) < 4.78 is 32.2. The summed E-state index contributed by atoms with van der Waals surface area (Å²) in [5.41, 5.74) is 2.72. The Balaban J connectivity index is 1.67. The van der Waals surface area contributed by atoms with E-state index in [0.29, 0.717) is 31.1 Å². The number of piperidine rings is 1. The smallest absolute Gasteiger partial charge is 0.323 e. The van der Waals surface area contributed by atoms with Crippen LogP contribution in [0.3, 0.4) is 0 Å². The van der Waals surface area contributed by atoms with Gasteiger partial charge < -0.3 is 9.42 Å². The number of nitrogens with one attached hydrogen (secondary N) is 1. The number of nitrogens with zero attached hydrogens (tertiary/aromatic N) is 2. The van der Waals surface area contributed by atoms with Crippen LogP contribution in [0.25, 0.3) is 6.08 Å². The van der Waals surface area contributed by atoms with E-state index in [1.54, 1.807) is 17.9 Å². The third kappa shape index (κ3) is 4.40. The van der Waals surface area contributed by atoms with Gasteiger partial charge in [-0.05, 0) is 37.8 Å². The molecule has 2 heterocycles. The maximum Gasteiger partial charge on any atom is 0.323 e. The molecular weight excluding hydrogens is 364 g/mol. The Hall–Kier alpha value is -2.70. The number of amides is 2. The Bertz CT molecular complexity index is 899. The lowest BCUT2D eigenvalue weighted by Crippen LogP contribution is -2.42. The lowest BCUT2D eigenvalue weighted by Gasteiger charge is -2.33. The van der Waals surface area contributed by atoms with Crippen LogP contribution in [0.1, 0.15) is 42.7 Å². The quantitative estimate of drug-likeness (QED) is 0.769. The molecule has 3 rings (SSSR count). The van der Waals surface area contributed by atoms with Crippen molar-refractivity contribution in [1.82, 2.24) is 10.1 Å². The molecule has 0 bridgehead atoms. The normalized spacial score (nSPS) is 19.1. The molecule has 1 atom stereocenters. The van der Waals surface area contributed by atoms with Crippen molar-refractivity contribution in [2.75, 3.05) is 18.4 Å². The van der Waals surface area contributed by atoms with Crippen LogP contribution in [-0.4, -0.2) is 29.2 Å². The number of benzene rings is 1. The maximum atomic E-state index is 13.6. The number of carbonyl (C=O) groups is 1. The van der Waals surface area contributed by atoms with E-state index < -0.39 is 5.92 Å². The van der Waals surface area contributed by atoms with Crippen molar-refractivity contribution in [3.63, 3.8) is 0 Å². The standard InChI is InChI=1S/C21H25F2N3O2/c1-13-12-26(20(27)24-19-14(2)15(3)28-25-19)9-8-17(13)10-16-6-5-7-18(11-16)21(4,22)23/h5-7,10-11,13H,8-9,12H2,1-4H3,(H,24,25,27). The second kappa shape index (κ2) is 7.73. The minimum atomic E-state index is -2.86. The van der Waals surface area contributed by atoms with Crippen LogP contribution in [0.5, 0.6) is 0 Å². The van der Waals surface area contributed by atoms with Gasteiger partial charge in [0.1, 0.15) is 5.76 Å². The van der Waals surface area contributed by atoms with Crippen molar-refractivity contribution in [1.29, 1.82) is 0 Å². The lowest BCUT2D eigenvalue weighted by atomic mass is 9.91. The first-order chi connectivity index (χ1) is 13.1. The number of aryl methyl sites for hydroxylation is 1. The van der Waals surface area contributed by atoms with Gasteiger partial charge in [0, 0.05) is 31.1 Å². The van der Waals surface area contributed by atoms with E-state index in [1.807, 2.05) is 26.0 Å². The highest BCUT2D eigenvalue weighted by molar-refractivity contribution is 5.89. The summed E-state index contributed by atoms with van der Waals surface area (Å²) in [4.78, 5) is 14.3. The average molecular weight is 389 g/mol. The molecule has 150 valence electrons. The number of aromatic nitrogens is 1. The highest BCUT2D eigenvalue weighted by atomic mass is 19.3. The van der Waals surface area contributed by atoms with Gasteiger partial charge in [-0.1, -0.05) is 41.9 Å². The highest BCUT2D eigenvalue weighted by Crippen LogP contribution is 2.30. The molecule has 0 radical (unpaired) electrons. The van der Waals surface area contributed by atoms with Crippen LogP contribution in [0, 0.1) is 19.8 Å². The largest absolute Gasteiger partial charge is 0.359 e.